The minimum absolute atomic E-state index is 0.0381. The molecule has 0 atom stereocenters. The summed E-state index contributed by atoms with van der Waals surface area (Å²) in [6.45, 7) is 1.37. The molecule has 0 spiro atoms. The van der Waals surface area contributed by atoms with Crippen LogP contribution in [-0.2, 0) is 13.0 Å². The third kappa shape index (κ3) is 1.75. The van der Waals surface area contributed by atoms with Crippen molar-refractivity contribution in [3.05, 3.63) is 29.3 Å². The summed E-state index contributed by atoms with van der Waals surface area (Å²) >= 11 is 0. The van der Waals surface area contributed by atoms with E-state index in [0.717, 1.165) is 24.2 Å². The van der Waals surface area contributed by atoms with Crippen LogP contribution in [0.3, 0.4) is 0 Å². The molecule has 0 saturated heterocycles. The Kier molecular flexibility index (Phi) is 2.49. The smallest absolute Gasteiger partial charge is 0.317 e. The predicted molar refractivity (Wildman–Crippen MR) is 59.4 cm³/mol. The second kappa shape index (κ2) is 3.81. The van der Waals surface area contributed by atoms with Gasteiger partial charge in [-0.15, -0.1) is 0 Å². The van der Waals surface area contributed by atoms with Gasteiger partial charge in [0.1, 0.15) is 0 Å². The van der Waals surface area contributed by atoms with Gasteiger partial charge in [0.25, 0.3) is 0 Å². The topological polar surface area (TPSA) is 58.4 Å². The van der Waals surface area contributed by atoms with Crippen LogP contribution in [0.2, 0.25) is 0 Å². The molecule has 80 valence electrons. The first-order valence-corrected chi connectivity index (χ1v) is 5.05. The van der Waals surface area contributed by atoms with Gasteiger partial charge in [0, 0.05) is 25.8 Å². The number of nitrogens with zero attached hydrogens (tertiary/aromatic N) is 1. The number of nitrogens with two attached hydrogens (primary N) is 1. The second-order valence-corrected chi connectivity index (χ2v) is 3.71. The summed E-state index contributed by atoms with van der Waals surface area (Å²) in [4.78, 5) is 13.2. The van der Waals surface area contributed by atoms with Crippen LogP contribution in [0.25, 0.3) is 0 Å². The van der Waals surface area contributed by atoms with Crippen LogP contribution in [0.15, 0.2) is 18.2 Å². The molecule has 1 aromatic carbocycles. The van der Waals surface area contributed by atoms with Crippen molar-refractivity contribution in [2.24, 2.45) is 0 Å². The van der Waals surface area contributed by atoms with E-state index in [4.69, 9.17) is 5.73 Å². The number of rotatable bonds is 0. The zero-order chi connectivity index (χ0) is 10.8. The lowest BCUT2D eigenvalue weighted by molar-refractivity contribution is 0.195. The Labute approximate surface area is 89.1 Å². The third-order valence-corrected chi connectivity index (χ3v) is 2.81. The molecule has 15 heavy (non-hydrogen) atoms. The molecule has 1 aliphatic heterocycles. The van der Waals surface area contributed by atoms with Crippen molar-refractivity contribution in [2.75, 3.05) is 19.3 Å². The summed E-state index contributed by atoms with van der Waals surface area (Å²) in [5, 5.41) is 2.63. The Bertz CT molecular complexity index is 389. The second-order valence-electron chi connectivity index (χ2n) is 3.71. The fourth-order valence-electron chi connectivity index (χ4n) is 1.94. The van der Waals surface area contributed by atoms with E-state index in [1.807, 2.05) is 12.1 Å². The van der Waals surface area contributed by atoms with E-state index in [1.54, 1.807) is 11.9 Å². The lowest BCUT2D eigenvalue weighted by Crippen LogP contribution is -2.41. The standard InChI is InChI=1S/C11H15N3O/c1-13-11(15)14-6-5-8-3-2-4-10(12)9(8)7-14/h2-4H,5-7,12H2,1H3,(H,13,15). The summed E-state index contributed by atoms with van der Waals surface area (Å²) in [5.74, 6) is 0. The molecule has 0 aliphatic carbocycles. The molecule has 0 aromatic heterocycles. The van der Waals surface area contributed by atoms with E-state index in [0.29, 0.717) is 6.54 Å². The number of carbonyl (C=O) groups is 1. The van der Waals surface area contributed by atoms with Gasteiger partial charge in [0.15, 0.2) is 0 Å². The Hall–Kier alpha value is -1.71. The van der Waals surface area contributed by atoms with Crippen molar-refractivity contribution >= 4 is 11.7 Å². The molecule has 0 saturated carbocycles. The highest BCUT2D eigenvalue weighted by molar-refractivity contribution is 5.74. The number of amides is 2. The number of hydrogen-bond donors (Lipinski definition) is 2. The first-order valence-electron chi connectivity index (χ1n) is 5.05. The van der Waals surface area contributed by atoms with E-state index in [2.05, 4.69) is 11.4 Å². The van der Waals surface area contributed by atoms with E-state index < -0.39 is 0 Å². The van der Waals surface area contributed by atoms with Gasteiger partial charge in [-0.25, -0.2) is 4.79 Å². The molecule has 0 bridgehead atoms. The summed E-state index contributed by atoms with van der Waals surface area (Å²) in [7, 11) is 1.65. The number of anilines is 1. The minimum Gasteiger partial charge on any atom is -0.398 e. The third-order valence-electron chi connectivity index (χ3n) is 2.81. The molecule has 2 rings (SSSR count). The number of nitrogens with one attached hydrogen (secondary N) is 1. The van der Waals surface area contributed by atoms with Gasteiger partial charge < -0.3 is 16.0 Å². The number of hydrogen-bond acceptors (Lipinski definition) is 2. The average molecular weight is 205 g/mol. The van der Waals surface area contributed by atoms with Crippen molar-refractivity contribution in [1.29, 1.82) is 0 Å². The van der Waals surface area contributed by atoms with E-state index >= 15 is 0 Å². The summed E-state index contributed by atoms with van der Waals surface area (Å²) in [6.07, 6.45) is 0.883. The monoisotopic (exact) mass is 205 g/mol. The van der Waals surface area contributed by atoms with Gasteiger partial charge in [0.2, 0.25) is 0 Å². The van der Waals surface area contributed by atoms with Gasteiger partial charge >= 0.3 is 6.03 Å². The van der Waals surface area contributed by atoms with Gasteiger partial charge in [-0.05, 0) is 23.6 Å². The molecule has 0 unspecified atom stereocenters. The van der Waals surface area contributed by atoms with Gasteiger partial charge in [-0.3, -0.25) is 0 Å². The van der Waals surface area contributed by atoms with Crippen molar-refractivity contribution in [1.82, 2.24) is 10.2 Å². The molecule has 1 heterocycles. The van der Waals surface area contributed by atoms with E-state index in [9.17, 15) is 4.79 Å². The van der Waals surface area contributed by atoms with Crippen LogP contribution in [0, 0.1) is 0 Å². The maximum absolute atomic E-state index is 11.5. The number of fused-ring (bicyclic) bond motifs is 1. The lowest BCUT2D eigenvalue weighted by atomic mass is 9.98. The first-order chi connectivity index (χ1) is 7.22. The zero-order valence-electron chi connectivity index (χ0n) is 8.79. The lowest BCUT2D eigenvalue weighted by Gasteiger charge is -2.29. The van der Waals surface area contributed by atoms with Crippen molar-refractivity contribution < 1.29 is 4.79 Å². The molecule has 1 aliphatic rings. The van der Waals surface area contributed by atoms with Crippen molar-refractivity contribution in [3.63, 3.8) is 0 Å². The fourth-order valence-corrected chi connectivity index (χ4v) is 1.94. The normalized spacial score (nSPS) is 14.6. The van der Waals surface area contributed by atoms with Crippen LogP contribution in [0.4, 0.5) is 10.5 Å². The summed E-state index contributed by atoms with van der Waals surface area (Å²) in [5.41, 5.74) is 9.02. The Morgan fingerprint density at radius 1 is 1.53 bits per heavy atom. The SMILES string of the molecule is CNC(=O)N1CCc2cccc(N)c2C1. The highest BCUT2D eigenvalue weighted by Crippen LogP contribution is 2.23. The molecular weight excluding hydrogens is 190 g/mol. The molecule has 2 amide bonds. The molecule has 3 N–H and O–H groups in total. The van der Waals surface area contributed by atoms with Gasteiger partial charge in [-0.2, -0.15) is 0 Å². The predicted octanol–water partition coefficient (Wildman–Crippen LogP) is 0.966. The highest BCUT2D eigenvalue weighted by Gasteiger charge is 2.20. The highest BCUT2D eigenvalue weighted by atomic mass is 16.2. The molecular formula is C11H15N3O. The fraction of sp³-hybridized carbons (Fsp3) is 0.364. The van der Waals surface area contributed by atoms with E-state index in [1.165, 1.54) is 5.56 Å². The Balaban J connectivity index is 2.26. The van der Waals surface area contributed by atoms with Crippen molar-refractivity contribution in [3.8, 4) is 0 Å². The quantitative estimate of drug-likeness (QED) is 0.620. The van der Waals surface area contributed by atoms with Crippen LogP contribution < -0.4 is 11.1 Å². The summed E-state index contributed by atoms with van der Waals surface area (Å²) in [6, 6.07) is 5.88. The Morgan fingerprint density at radius 3 is 3.07 bits per heavy atom. The molecule has 4 nitrogen and oxygen atoms in total. The van der Waals surface area contributed by atoms with Gasteiger partial charge in [0.05, 0.1) is 0 Å². The number of benzene rings is 1. The Morgan fingerprint density at radius 2 is 2.33 bits per heavy atom. The van der Waals surface area contributed by atoms with E-state index in [-0.39, 0.29) is 6.03 Å². The number of nitrogen functional groups attached to an aromatic ring is 1. The van der Waals surface area contributed by atoms with Crippen LogP contribution in [0.5, 0.6) is 0 Å². The maximum Gasteiger partial charge on any atom is 0.317 e. The maximum atomic E-state index is 11.5. The molecule has 0 radical (unpaired) electrons. The van der Waals surface area contributed by atoms with Gasteiger partial charge in [-0.1, -0.05) is 12.1 Å². The molecule has 0 fully saturated rings. The largest absolute Gasteiger partial charge is 0.398 e. The molecule has 4 heteroatoms. The van der Waals surface area contributed by atoms with Crippen LogP contribution in [-0.4, -0.2) is 24.5 Å². The number of carbonyl (C=O) groups excluding carboxylic acids is 1. The average Bonchev–Trinajstić information content (AvgIpc) is 2.28. The van der Waals surface area contributed by atoms with Crippen LogP contribution >= 0.6 is 0 Å². The van der Waals surface area contributed by atoms with Crippen molar-refractivity contribution in [2.45, 2.75) is 13.0 Å². The van der Waals surface area contributed by atoms with Crippen LogP contribution in [0.1, 0.15) is 11.1 Å². The summed E-state index contributed by atoms with van der Waals surface area (Å²) < 4.78 is 0. The minimum atomic E-state index is -0.0381. The number of urea groups is 1. The molecule has 1 aromatic rings. The first kappa shape index (κ1) is 9.83. The zero-order valence-corrected chi connectivity index (χ0v) is 8.79.